The number of amides is 1. The molecule has 1 fully saturated rings. The van der Waals surface area contributed by atoms with Crippen molar-refractivity contribution < 1.29 is 9.18 Å². The largest absolute Gasteiger partial charge is 0.328 e. The van der Waals surface area contributed by atoms with Gasteiger partial charge < -0.3 is 10.2 Å². The van der Waals surface area contributed by atoms with E-state index >= 15 is 0 Å². The summed E-state index contributed by atoms with van der Waals surface area (Å²) < 4.78 is 15.5. The molecule has 26 heavy (non-hydrogen) atoms. The summed E-state index contributed by atoms with van der Waals surface area (Å²) in [7, 11) is 0. The Hall–Kier alpha value is -1.92. The topological polar surface area (TPSA) is 50.2 Å². The molecule has 0 spiro atoms. The zero-order valence-corrected chi connectivity index (χ0v) is 16.4. The van der Waals surface area contributed by atoms with Gasteiger partial charge >= 0.3 is 0 Å². The average Bonchev–Trinajstić information content (AvgIpc) is 2.96. The van der Waals surface area contributed by atoms with E-state index in [0.29, 0.717) is 18.8 Å². The molecule has 0 radical (unpaired) electrons. The van der Waals surface area contributed by atoms with Crippen LogP contribution in [0.4, 0.5) is 4.39 Å². The first-order valence-electron chi connectivity index (χ1n) is 8.61. The maximum absolute atomic E-state index is 13.6. The zero-order valence-electron chi connectivity index (χ0n) is 15.6. The first-order chi connectivity index (χ1) is 11.8. The number of nitrogens with zero attached hydrogens (tertiary/aromatic N) is 3. The van der Waals surface area contributed by atoms with Gasteiger partial charge in [-0.3, -0.25) is 9.48 Å². The number of piperazine rings is 1. The zero-order chi connectivity index (χ0) is 18.2. The lowest BCUT2D eigenvalue weighted by Crippen LogP contribution is -2.48. The number of carbonyl (C=O) groups is 1. The second-order valence-corrected chi connectivity index (χ2v) is 7.53. The minimum Gasteiger partial charge on any atom is -0.328 e. The fourth-order valence-corrected chi connectivity index (χ4v) is 3.36. The summed E-state index contributed by atoms with van der Waals surface area (Å²) in [6.07, 6.45) is 0. The molecular weight excluding hydrogens is 355 g/mol. The van der Waals surface area contributed by atoms with Gasteiger partial charge in [-0.05, 0) is 51.5 Å². The summed E-state index contributed by atoms with van der Waals surface area (Å²) in [5.41, 5.74) is 2.00. The Kier molecular flexibility index (Phi) is 6.09. The van der Waals surface area contributed by atoms with E-state index in [1.165, 1.54) is 12.1 Å². The van der Waals surface area contributed by atoms with Crippen LogP contribution in [0.15, 0.2) is 30.3 Å². The van der Waals surface area contributed by atoms with Gasteiger partial charge in [-0.25, -0.2) is 4.39 Å². The quantitative estimate of drug-likeness (QED) is 0.869. The molecule has 3 rings (SSSR count). The molecule has 1 aromatic carbocycles. The van der Waals surface area contributed by atoms with Crippen LogP contribution in [0, 0.1) is 12.7 Å². The number of aryl methyl sites for hydroxylation is 1. The Balaban J connectivity index is 0.00000243. The third-order valence-electron chi connectivity index (χ3n) is 4.48. The minimum absolute atomic E-state index is 0. The molecule has 1 aliphatic rings. The molecule has 1 unspecified atom stereocenters. The highest BCUT2D eigenvalue weighted by Crippen LogP contribution is 2.25. The standard InChI is InChI=1S/C19H25FN4O.ClH/c1-13-10-16(22-24(13)19(2,3)4)18(25)23-9-8-21-12-17(23)14-6-5-7-15(20)11-14;/h5-7,10-11,17,21H,8-9,12H2,1-4H3;1H. The highest BCUT2D eigenvalue weighted by atomic mass is 35.5. The van der Waals surface area contributed by atoms with Gasteiger partial charge in [0.15, 0.2) is 5.69 Å². The third-order valence-corrected chi connectivity index (χ3v) is 4.48. The van der Waals surface area contributed by atoms with Gasteiger partial charge in [-0.1, -0.05) is 12.1 Å². The highest BCUT2D eigenvalue weighted by Gasteiger charge is 2.31. The van der Waals surface area contributed by atoms with Gasteiger partial charge in [0, 0.05) is 25.3 Å². The van der Waals surface area contributed by atoms with Crippen LogP contribution in [0.2, 0.25) is 0 Å². The van der Waals surface area contributed by atoms with Crippen LogP contribution in [-0.4, -0.2) is 40.2 Å². The Morgan fingerprint density at radius 1 is 1.31 bits per heavy atom. The Morgan fingerprint density at radius 2 is 2.04 bits per heavy atom. The van der Waals surface area contributed by atoms with Crippen molar-refractivity contribution in [2.24, 2.45) is 0 Å². The van der Waals surface area contributed by atoms with E-state index in [-0.39, 0.29) is 35.7 Å². The van der Waals surface area contributed by atoms with Crippen LogP contribution in [-0.2, 0) is 5.54 Å². The van der Waals surface area contributed by atoms with Crippen LogP contribution in [0.3, 0.4) is 0 Å². The Bertz CT molecular complexity index is 784. The number of aromatic nitrogens is 2. The molecule has 0 saturated carbocycles. The van der Waals surface area contributed by atoms with Crippen molar-refractivity contribution in [3.63, 3.8) is 0 Å². The lowest BCUT2D eigenvalue weighted by atomic mass is 10.0. The number of rotatable bonds is 2. The van der Waals surface area contributed by atoms with Crippen molar-refractivity contribution in [2.45, 2.75) is 39.3 Å². The molecule has 1 saturated heterocycles. The number of hydrogen-bond donors (Lipinski definition) is 1. The van der Waals surface area contributed by atoms with Crippen molar-refractivity contribution in [2.75, 3.05) is 19.6 Å². The van der Waals surface area contributed by atoms with E-state index in [1.807, 2.05) is 23.7 Å². The normalized spacial score (nSPS) is 17.7. The number of halogens is 2. The molecule has 1 aliphatic heterocycles. The van der Waals surface area contributed by atoms with Crippen molar-refractivity contribution in [1.82, 2.24) is 20.0 Å². The Labute approximate surface area is 160 Å². The van der Waals surface area contributed by atoms with Gasteiger partial charge in [0.05, 0.1) is 11.6 Å². The predicted molar refractivity (Wildman–Crippen MR) is 102 cm³/mol. The first kappa shape index (κ1) is 20.4. The van der Waals surface area contributed by atoms with Crippen LogP contribution < -0.4 is 5.32 Å². The summed E-state index contributed by atoms with van der Waals surface area (Å²) in [4.78, 5) is 14.9. The van der Waals surface area contributed by atoms with Crippen molar-refractivity contribution >= 4 is 18.3 Å². The summed E-state index contributed by atoms with van der Waals surface area (Å²) >= 11 is 0. The second kappa shape index (κ2) is 7.76. The van der Waals surface area contributed by atoms with E-state index in [4.69, 9.17) is 0 Å². The molecule has 1 amide bonds. The monoisotopic (exact) mass is 380 g/mol. The molecule has 1 aromatic heterocycles. The fourth-order valence-electron chi connectivity index (χ4n) is 3.36. The molecule has 142 valence electrons. The SMILES string of the molecule is Cc1cc(C(=O)N2CCNCC2c2cccc(F)c2)nn1C(C)(C)C.Cl. The molecule has 0 aliphatic carbocycles. The molecule has 1 atom stereocenters. The number of benzene rings is 1. The van der Waals surface area contributed by atoms with Crippen molar-refractivity contribution in [3.8, 4) is 0 Å². The summed E-state index contributed by atoms with van der Waals surface area (Å²) in [6, 6.07) is 8.09. The van der Waals surface area contributed by atoms with E-state index in [0.717, 1.165) is 17.8 Å². The second-order valence-electron chi connectivity index (χ2n) is 7.53. The average molecular weight is 381 g/mol. The Morgan fingerprint density at radius 3 is 2.65 bits per heavy atom. The van der Waals surface area contributed by atoms with Gasteiger partial charge in [-0.2, -0.15) is 5.10 Å². The molecule has 1 N–H and O–H groups in total. The summed E-state index contributed by atoms with van der Waals surface area (Å²) in [5, 5.41) is 7.82. The van der Waals surface area contributed by atoms with E-state index in [2.05, 4.69) is 31.2 Å². The van der Waals surface area contributed by atoms with E-state index in [9.17, 15) is 9.18 Å². The fraction of sp³-hybridized carbons (Fsp3) is 0.474. The maximum atomic E-state index is 13.6. The van der Waals surface area contributed by atoms with E-state index in [1.54, 1.807) is 11.0 Å². The molecule has 7 heteroatoms. The number of hydrogen-bond acceptors (Lipinski definition) is 3. The van der Waals surface area contributed by atoms with Crippen LogP contribution in [0.1, 0.15) is 48.6 Å². The minimum atomic E-state index is -0.289. The molecule has 5 nitrogen and oxygen atoms in total. The van der Waals surface area contributed by atoms with Crippen molar-refractivity contribution in [1.29, 1.82) is 0 Å². The number of nitrogens with one attached hydrogen (secondary N) is 1. The first-order valence-corrected chi connectivity index (χ1v) is 8.61. The molecule has 0 bridgehead atoms. The van der Waals surface area contributed by atoms with Gasteiger partial charge in [0.1, 0.15) is 5.82 Å². The third kappa shape index (κ3) is 4.07. The predicted octanol–water partition coefficient (Wildman–Crippen LogP) is 3.29. The van der Waals surface area contributed by atoms with Gasteiger partial charge in [-0.15, -0.1) is 12.4 Å². The smallest absolute Gasteiger partial charge is 0.274 e. The molecule has 2 heterocycles. The lowest BCUT2D eigenvalue weighted by molar-refractivity contribution is 0.0626. The van der Waals surface area contributed by atoms with Crippen LogP contribution in [0.5, 0.6) is 0 Å². The molecular formula is C19H26ClFN4O. The van der Waals surface area contributed by atoms with Gasteiger partial charge in [0.2, 0.25) is 0 Å². The summed E-state index contributed by atoms with van der Waals surface area (Å²) in [6.45, 7) is 10.0. The van der Waals surface area contributed by atoms with Crippen molar-refractivity contribution in [3.05, 3.63) is 53.1 Å². The lowest BCUT2D eigenvalue weighted by Gasteiger charge is -2.36. The summed E-state index contributed by atoms with van der Waals surface area (Å²) in [5.74, 6) is -0.398. The maximum Gasteiger partial charge on any atom is 0.274 e. The van der Waals surface area contributed by atoms with Crippen LogP contribution >= 0.6 is 12.4 Å². The molecule has 2 aromatic rings. The van der Waals surface area contributed by atoms with Gasteiger partial charge in [0.25, 0.3) is 5.91 Å². The number of carbonyl (C=O) groups excluding carboxylic acids is 1. The van der Waals surface area contributed by atoms with Crippen LogP contribution in [0.25, 0.3) is 0 Å². The van der Waals surface area contributed by atoms with E-state index < -0.39 is 0 Å². The highest BCUT2D eigenvalue weighted by molar-refractivity contribution is 5.92.